The summed E-state index contributed by atoms with van der Waals surface area (Å²) < 4.78 is 25.0. The van der Waals surface area contributed by atoms with Gasteiger partial charge in [0.1, 0.15) is 7.85 Å². The second-order valence-electron chi connectivity index (χ2n) is 1.87. The Kier molecular flexibility index (Phi) is 2.05. The summed E-state index contributed by atoms with van der Waals surface area (Å²) in [7, 11) is 7.14. The molecule has 0 aliphatic rings. The van der Waals surface area contributed by atoms with Crippen LogP contribution in [0.15, 0.2) is 12.1 Å². The molecule has 0 bridgehead atoms. The van der Waals surface area contributed by atoms with E-state index in [9.17, 15) is 8.78 Å². The molecule has 1 atom stereocenters. The van der Waals surface area contributed by atoms with Crippen LogP contribution in [0.1, 0.15) is 0 Å². The van der Waals surface area contributed by atoms with Crippen molar-refractivity contribution in [1.29, 1.82) is 0 Å². The second kappa shape index (κ2) is 2.67. The molecule has 0 heterocycles. The van der Waals surface area contributed by atoms with Crippen molar-refractivity contribution < 1.29 is 8.78 Å². The predicted octanol–water partition coefficient (Wildman–Crippen LogP) is 0.259. The van der Waals surface area contributed by atoms with E-state index >= 15 is 0 Å². The molecule has 0 saturated heterocycles. The fraction of sp³-hybridized carbons (Fsp3) is 0. The first-order valence-corrected chi connectivity index (χ1v) is 3.19. The van der Waals surface area contributed by atoms with Gasteiger partial charge in [-0.15, -0.1) is 9.24 Å². The summed E-state index contributed by atoms with van der Waals surface area (Å²) in [5, 5.41) is 0.187. The molecule has 0 N–H and O–H groups in total. The van der Waals surface area contributed by atoms with Crippen LogP contribution in [0.2, 0.25) is 0 Å². The maximum Gasteiger partial charge on any atom is 0.165 e. The molecule has 0 spiro atoms. The largest absolute Gasteiger partial charge is 0.204 e. The minimum absolute atomic E-state index is 0.163. The molecule has 1 aromatic carbocycles. The zero-order chi connectivity index (χ0) is 7.72. The average molecular weight is 156 g/mol. The van der Waals surface area contributed by atoms with E-state index in [4.69, 9.17) is 7.85 Å². The van der Waals surface area contributed by atoms with Crippen molar-refractivity contribution in [2.24, 2.45) is 0 Å². The maximum atomic E-state index is 12.5. The molecule has 0 amide bonds. The molecule has 0 saturated carbocycles. The molecule has 0 aliphatic carbocycles. The minimum atomic E-state index is -0.979. The molecule has 4 heteroatoms. The first kappa shape index (κ1) is 7.68. The zero-order valence-corrected chi connectivity index (χ0v) is 6.22. The summed E-state index contributed by atoms with van der Waals surface area (Å²) in [5.41, 5.74) is -0.163. The molecule has 10 heavy (non-hydrogen) atoms. The molecule has 0 aliphatic heterocycles. The van der Waals surface area contributed by atoms with Crippen LogP contribution in [0.3, 0.4) is 0 Å². The van der Waals surface area contributed by atoms with Crippen LogP contribution in [0, 0.1) is 11.6 Å². The predicted molar refractivity (Wildman–Crippen MR) is 41.1 cm³/mol. The van der Waals surface area contributed by atoms with Gasteiger partial charge in [0, 0.05) is 5.30 Å². The quantitative estimate of drug-likeness (QED) is 0.373. The van der Waals surface area contributed by atoms with Crippen molar-refractivity contribution in [2.75, 3.05) is 0 Å². The van der Waals surface area contributed by atoms with Gasteiger partial charge >= 0.3 is 0 Å². The Morgan fingerprint density at radius 3 is 2.30 bits per heavy atom. The lowest BCUT2D eigenvalue weighted by atomic mass is 9.96. The Morgan fingerprint density at radius 2 is 1.80 bits per heavy atom. The highest BCUT2D eigenvalue weighted by molar-refractivity contribution is 7.27. The SMILES string of the molecule is [B]c1ccc(P)c(F)c1F. The van der Waals surface area contributed by atoms with E-state index < -0.39 is 11.6 Å². The normalized spacial score (nSPS) is 9.90. The van der Waals surface area contributed by atoms with E-state index in [-0.39, 0.29) is 10.8 Å². The number of halogens is 2. The molecule has 0 fully saturated rings. The summed E-state index contributed by atoms with van der Waals surface area (Å²) in [6.45, 7) is 0. The van der Waals surface area contributed by atoms with Crippen molar-refractivity contribution in [1.82, 2.24) is 0 Å². The molecular weight excluding hydrogens is 152 g/mol. The van der Waals surface area contributed by atoms with E-state index in [1.165, 1.54) is 12.1 Å². The van der Waals surface area contributed by atoms with Gasteiger partial charge in [-0.05, 0) is 0 Å². The van der Waals surface area contributed by atoms with Gasteiger partial charge in [0.2, 0.25) is 0 Å². The molecule has 2 radical (unpaired) electrons. The monoisotopic (exact) mass is 156 g/mol. The van der Waals surface area contributed by atoms with E-state index in [1.807, 2.05) is 0 Å². The molecule has 1 unspecified atom stereocenters. The van der Waals surface area contributed by atoms with Crippen LogP contribution in [0.5, 0.6) is 0 Å². The minimum Gasteiger partial charge on any atom is -0.204 e. The van der Waals surface area contributed by atoms with Crippen LogP contribution in [0.4, 0.5) is 8.78 Å². The van der Waals surface area contributed by atoms with E-state index in [0.29, 0.717) is 0 Å². The summed E-state index contributed by atoms with van der Waals surface area (Å²) in [5.74, 6) is -1.88. The highest BCUT2D eigenvalue weighted by Gasteiger charge is 2.05. The van der Waals surface area contributed by atoms with E-state index in [2.05, 4.69) is 9.24 Å². The fourth-order valence-corrected chi connectivity index (χ4v) is 0.802. The lowest BCUT2D eigenvalue weighted by molar-refractivity contribution is 0.520. The lowest BCUT2D eigenvalue weighted by Crippen LogP contribution is -2.16. The molecule has 1 aromatic rings. The van der Waals surface area contributed by atoms with Crippen LogP contribution in [-0.2, 0) is 0 Å². The van der Waals surface area contributed by atoms with Gasteiger partial charge in [0.15, 0.2) is 11.6 Å². The van der Waals surface area contributed by atoms with Crippen molar-refractivity contribution in [2.45, 2.75) is 0 Å². The summed E-state index contributed by atoms with van der Waals surface area (Å²) >= 11 is 0. The Hall–Kier alpha value is -0.425. The Bertz CT molecular complexity index is 235. The smallest absolute Gasteiger partial charge is 0.165 e. The zero-order valence-electron chi connectivity index (χ0n) is 5.07. The lowest BCUT2D eigenvalue weighted by Gasteiger charge is -1.99. The highest BCUT2D eigenvalue weighted by atomic mass is 31.0. The third-order valence-corrected chi connectivity index (χ3v) is 1.59. The third kappa shape index (κ3) is 1.19. The van der Waals surface area contributed by atoms with Crippen LogP contribution >= 0.6 is 9.24 Å². The van der Waals surface area contributed by atoms with Crippen LogP contribution in [-0.4, -0.2) is 7.85 Å². The number of hydrogen-bond acceptors (Lipinski definition) is 0. The van der Waals surface area contributed by atoms with Crippen molar-refractivity contribution in [3.63, 3.8) is 0 Å². The van der Waals surface area contributed by atoms with Gasteiger partial charge in [-0.1, -0.05) is 17.6 Å². The molecule has 0 nitrogen and oxygen atoms in total. The van der Waals surface area contributed by atoms with Gasteiger partial charge in [-0.25, -0.2) is 8.78 Å². The molecule has 1 rings (SSSR count). The van der Waals surface area contributed by atoms with Gasteiger partial charge in [-0.3, -0.25) is 0 Å². The van der Waals surface area contributed by atoms with Gasteiger partial charge in [-0.2, -0.15) is 0 Å². The van der Waals surface area contributed by atoms with Crippen LogP contribution < -0.4 is 10.8 Å². The average Bonchev–Trinajstić information content (AvgIpc) is 1.93. The maximum absolute atomic E-state index is 12.5. The van der Waals surface area contributed by atoms with Gasteiger partial charge in [0.25, 0.3) is 0 Å². The Balaban J connectivity index is 3.34. The third-order valence-electron chi connectivity index (χ3n) is 1.14. The summed E-state index contributed by atoms with van der Waals surface area (Å²) in [6.07, 6.45) is 0. The standard InChI is InChI=1S/C6H4BF2P/c7-3-1-2-4(10)6(9)5(3)8/h1-2H,10H2. The highest BCUT2D eigenvalue weighted by Crippen LogP contribution is 2.01. The van der Waals surface area contributed by atoms with Gasteiger partial charge < -0.3 is 0 Å². The van der Waals surface area contributed by atoms with Crippen molar-refractivity contribution in [3.05, 3.63) is 23.8 Å². The number of benzene rings is 1. The summed E-state index contributed by atoms with van der Waals surface area (Å²) in [4.78, 5) is 0. The van der Waals surface area contributed by atoms with E-state index in [0.717, 1.165) is 0 Å². The summed E-state index contributed by atoms with van der Waals surface area (Å²) in [6, 6.07) is 2.72. The Labute approximate surface area is 61.2 Å². The van der Waals surface area contributed by atoms with Crippen molar-refractivity contribution >= 4 is 27.9 Å². The first-order chi connectivity index (χ1) is 4.63. The fourth-order valence-electron chi connectivity index (χ4n) is 0.579. The first-order valence-electron chi connectivity index (χ1n) is 2.62. The number of rotatable bonds is 0. The van der Waals surface area contributed by atoms with Crippen molar-refractivity contribution in [3.8, 4) is 0 Å². The topological polar surface area (TPSA) is 0 Å². The van der Waals surface area contributed by atoms with Crippen LogP contribution in [0.25, 0.3) is 0 Å². The van der Waals surface area contributed by atoms with E-state index in [1.54, 1.807) is 0 Å². The molecule has 50 valence electrons. The molecule has 0 aromatic heterocycles. The number of hydrogen-bond donors (Lipinski definition) is 0. The second-order valence-corrected chi connectivity index (χ2v) is 2.49. The molecular formula is C6H4BF2P. The Morgan fingerprint density at radius 1 is 1.20 bits per heavy atom. The van der Waals surface area contributed by atoms with Gasteiger partial charge in [0.05, 0.1) is 0 Å².